The number of aryl methyl sites for hydroxylation is 1. The van der Waals surface area contributed by atoms with Crippen LogP contribution in [-0.4, -0.2) is 25.5 Å². The van der Waals surface area contributed by atoms with Crippen molar-refractivity contribution in [1.29, 1.82) is 0 Å². The second-order valence-electron chi connectivity index (χ2n) is 5.99. The monoisotopic (exact) mass is 432 g/mol. The molecule has 0 saturated heterocycles. The maximum atomic E-state index is 12.8. The lowest BCUT2D eigenvalue weighted by atomic mass is 10.2. The van der Waals surface area contributed by atoms with Crippen molar-refractivity contribution in [2.24, 2.45) is 0 Å². The molecule has 0 aliphatic rings. The molecule has 3 aromatic rings. The second-order valence-corrected chi connectivity index (χ2v) is 7.48. The van der Waals surface area contributed by atoms with E-state index in [1.807, 2.05) is 0 Å². The SMILES string of the molecule is Cc1nn(C(=O)c2ccc(Cl)c([N+](=O)[O-])c2)c(C)c1Sc1ccc([N+](=O)[O-])cc1. The molecule has 1 heterocycles. The van der Waals surface area contributed by atoms with Crippen LogP contribution in [0.3, 0.4) is 0 Å². The number of carbonyl (C=O) groups is 1. The van der Waals surface area contributed by atoms with Crippen LogP contribution in [0.2, 0.25) is 5.02 Å². The Morgan fingerprint density at radius 3 is 2.31 bits per heavy atom. The van der Waals surface area contributed by atoms with Crippen molar-refractivity contribution in [2.45, 2.75) is 23.6 Å². The molecule has 148 valence electrons. The van der Waals surface area contributed by atoms with Gasteiger partial charge in [-0.25, -0.2) is 0 Å². The highest BCUT2D eigenvalue weighted by Crippen LogP contribution is 2.34. The van der Waals surface area contributed by atoms with Crippen LogP contribution in [0.5, 0.6) is 0 Å². The van der Waals surface area contributed by atoms with Crippen LogP contribution in [0.4, 0.5) is 11.4 Å². The highest BCUT2D eigenvalue weighted by atomic mass is 35.5. The normalized spacial score (nSPS) is 10.7. The van der Waals surface area contributed by atoms with Crippen LogP contribution in [0.1, 0.15) is 21.7 Å². The summed E-state index contributed by atoms with van der Waals surface area (Å²) in [5.41, 5.74) is 0.840. The topological polar surface area (TPSA) is 121 Å². The first kappa shape index (κ1) is 20.5. The second kappa shape index (κ2) is 8.02. The third-order valence-electron chi connectivity index (χ3n) is 4.07. The minimum Gasteiger partial charge on any atom is -0.267 e. The van der Waals surface area contributed by atoms with Gasteiger partial charge in [0.2, 0.25) is 0 Å². The van der Waals surface area contributed by atoms with E-state index >= 15 is 0 Å². The summed E-state index contributed by atoms with van der Waals surface area (Å²) < 4.78 is 1.18. The first-order valence-corrected chi connectivity index (χ1v) is 9.35. The third kappa shape index (κ3) is 4.13. The van der Waals surface area contributed by atoms with E-state index in [-0.39, 0.29) is 22.0 Å². The van der Waals surface area contributed by atoms with Crippen LogP contribution in [0.15, 0.2) is 52.3 Å². The number of carbonyl (C=O) groups excluding carboxylic acids is 1. The van der Waals surface area contributed by atoms with Crippen molar-refractivity contribution in [2.75, 3.05) is 0 Å². The molecule has 0 atom stereocenters. The molecule has 11 heteroatoms. The predicted octanol–water partition coefficient (Wildman–Crippen LogP) is 4.81. The van der Waals surface area contributed by atoms with E-state index in [1.165, 1.54) is 40.7 Å². The Balaban J connectivity index is 1.93. The highest BCUT2D eigenvalue weighted by molar-refractivity contribution is 7.99. The molecular formula is C18H13ClN4O5S. The predicted molar refractivity (Wildman–Crippen MR) is 107 cm³/mol. The molecular weight excluding hydrogens is 420 g/mol. The lowest BCUT2D eigenvalue weighted by molar-refractivity contribution is -0.385. The number of benzene rings is 2. The molecule has 9 nitrogen and oxygen atoms in total. The zero-order valence-electron chi connectivity index (χ0n) is 15.2. The Morgan fingerprint density at radius 1 is 1.07 bits per heavy atom. The Morgan fingerprint density at radius 2 is 1.72 bits per heavy atom. The van der Waals surface area contributed by atoms with E-state index < -0.39 is 15.8 Å². The summed E-state index contributed by atoms with van der Waals surface area (Å²) in [4.78, 5) is 35.0. The van der Waals surface area contributed by atoms with Gasteiger partial charge in [-0.1, -0.05) is 23.4 Å². The molecule has 0 fully saturated rings. The lowest BCUT2D eigenvalue weighted by Gasteiger charge is -2.05. The molecule has 0 unspecified atom stereocenters. The molecule has 0 N–H and O–H groups in total. The van der Waals surface area contributed by atoms with Crippen molar-refractivity contribution in [3.05, 3.63) is 84.7 Å². The lowest BCUT2D eigenvalue weighted by Crippen LogP contribution is -2.15. The van der Waals surface area contributed by atoms with Crippen LogP contribution in [0, 0.1) is 34.1 Å². The smallest absolute Gasteiger partial charge is 0.267 e. The molecule has 0 aliphatic carbocycles. The fraction of sp³-hybridized carbons (Fsp3) is 0.111. The standard InChI is InChI=1S/C18H13ClN4O5S/c1-10-17(29-14-6-4-13(5-7-14)22(25)26)11(2)21(20-10)18(24)12-3-8-15(19)16(9-12)23(27)28/h3-9H,1-2H3. The van der Waals surface area contributed by atoms with E-state index in [0.717, 1.165) is 15.9 Å². The van der Waals surface area contributed by atoms with E-state index in [4.69, 9.17) is 11.6 Å². The van der Waals surface area contributed by atoms with Gasteiger partial charge in [0.1, 0.15) is 5.02 Å². The summed E-state index contributed by atoms with van der Waals surface area (Å²) in [5.74, 6) is -0.527. The average molecular weight is 433 g/mol. The number of hydrogen-bond donors (Lipinski definition) is 0. The fourth-order valence-electron chi connectivity index (χ4n) is 2.64. The van der Waals surface area contributed by atoms with Gasteiger partial charge >= 0.3 is 0 Å². The van der Waals surface area contributed by atoms with Crippen molar-refractivity contribution in [1.82, 2.24) is 9.78 Å². The van der Waals surface area contributed by atoms with Crippen molar-refractivity contribution < 1.29 is 14.6 Å². The zero-order chi connectivity index (χ0) is 21.3. The Kier molecular flexibility index (Phi) is 5.66. The first-order chi connectivity index (χ1) is 13.7. The summed E-state index contributed by atoms with van der Waals surface area (Å²) in [6.45, 7) is 3.44. The Hall–Kier alpha value is -3.24. The van der Waals surface area contributed by atoms with E-state index in [9.17, 15) is 25.0 Å². The van der Waals surface area contributed by atoms with Crippen LogP contribution < -0.4 is 0 Å². The fourth-order valence-corrected chi connectivity index (χ4v) is 3.75. The first-order valence-electron chi connectivity index (χ1n) is 8.16. The minimum atomic E-state index is -0.657. The number of nitro groups is 2. The van der Waals surface area contributed by atoms with Crippen LogP contribution in [-0.2, 0) is 0 Å². The zero-order valence-corrected chi connectivity index (χ0v) is 16.7. The number of nitrogens with zero attached hydrogens (tertiary/aromatic N) is 4. The van der Waals surface area contributed by atoms with Gasteiger partial charge in [-0.3, -0.25) is 25.0 Å². The summed E-state index contributed by atoms with van der Waals surface area (Å²) in [5, 5.41) is 26.0. The van der Waals surface area contributed by atoms with Crippen LogP contribution in [0.25, 0.3) is 0 Å². The molecule has 2 aromatic carbocycles. The maximum Gasteiger partial charge on any atom is 0.288 e. The Bertz CT molecular complexity index is 1140. The van der Waals surface area contributed by atoms with Gasteiger partial charge in [0.05, 0.1) is 26.1 Å². The Labute approximate surface area is 173 Å². The number of rotatable bonds is 5. The van der Waals surface area contributed by atoms with Gasteiger partial charge in [-0.2, -0.15) is 9.78 Å². The number of non-ortho nitro benzene ring substituents is 1. The molecule has 0 spiro atoms. The highest BCUT2D eigenvalue weighted by Gasteiger charge is 2.22. The largest absolute Gasteiger partial charge is 0.288 e. The van der Waals surface area contributed by atoms with Crippen molar-refractivity contribution in [3.8, 4) is 0 Å². The van der Waals surface area contributed by atoms with Gasteiger partial charge in [0.15, 0.2) is 0 Å². The summed E-state index contributed by atoms with van der Waals surface area (Å²) in [7, 11) is 0. The molecule has 0 aliphatic heterocycles. The van der Waals surface area contributed by atoms with E-state index in [2.05, 4.69) is 5.10 Å². The molecule has 0 bridgehead atoms. The maximum absolute atomic E-state index is 12.8. The summed E-state index contributed by atoms with van der Waals surface area (Å²) in [6, 6.07) is 9.84. The van der Waals surface area contributed by atoms with Crippen LogP contribution >= 0.6 is 23.4 Å². The summed E-state index contributed by atoms with van der Waals surface area (Å²) in [6.07, 6.45) is 0. The van der Waals surface area contributed by atoms with Gasteiger partial charge in [-0.05, 0) is 38.1 Å². The van der Waals surface area contributed by atoms with Gasteiger partial charge in [-0.15, -0.1) is 0 Å². The molecule has 0 radical (unpaired) electrons. The number of aromatic nitrogens is 2. The van der Waals surface area contributed by atoms with E-state index in [0.29, 0.717) is 11.4 Å². The van der Waals surface area contributed by atoms with E-state index in [1.54, 1.807) is 26.0 Å². The quantitative estimate of drug-likeness (QED) is 0.418. The number of nitro benzene ring substituents is 2. The van der Waals surface area contributed by atoms with Crippen molar-refractivity contribution >= 4 is 40.6 Å². The van der Waals surface area contributed by atoms with Gasteiger partial charge in [0, 0.05) is 28.7 Å². The van der Waals surface area contributed by atoms with Gasteiger partial charge < -0.3 is 0 Å². The molecule has 3 rings (SSSR count). The van der Waals surface area contributed by atoms with Crippen molar-refractivity contribution in [3.63, 3.8) is 0 Å². The minimum absolute atomic E-state index is 0.0157. The number of hydrogen-bond acceptors (Lipinski definition) is 7. The molecule has 0 saturated carbocycles. The molecule has 1 aromatic heterocycles. The molecule has 29 heavy (non-hydrogen) atoms. The number of halogens is 1. The van der Waals surface area contributed by atoms with Gasteiger partial charge in [0.25, 0.3) is 17.3 Å². The third-order valence-corrected chi connectivity index (χ3v) is 5.70. The summed E-state index contributed by atoms with van der Waals surface area (Å²) >= 11 is 7.12. The average Bonchev–Trinajstić information content (AvgIpc) is 2.96. The molecule has 0 amide bonds.